The van der Waals surface area contributed by atoms with Crippen LogP contribution in [0.3, 0.4) is 0 Å². The molecule has 0 unspecified atom stereocenters. The monoisotopic (exact) mass is 403 g/mol. The molecule has 6 nitrogen and oxygen atoms in total. The maximum absolute atomic E-state index is 12.1. The number of likely N-dealkylation sites (N-methyl/N-ethyl adjacent to an activating group) is 1. The average Bonchev–Trinajstić information content (AvgIpc) is 2.70. The second kappa shape index (κ2) is 11.2. The zero-order chi connectivity index (χ0) is 20.4. The molecule has 0 aliphatic rings. The fraction of sp³-hybridized carbons (Fsp3) is 0.333. The van der Waals surface area contributed by atoms with Gasteiger partial charge in [0.05, 0.1) is 18.5 Å². The van der Waals surface area contributed by atoms with Gasteiger partial charge in [-0.25, -0.2) is 0 Å². The molecular formula is C21H26ClN3O3. The molecule has 2 aromatic carbocycles. The maximum atomic E-state index is 12.1. The minimum absolute atomic E-state index is 0.0205. The highest BCUT2D eigenvalue weighted by atomic mass is 35.5. The Bertz CT molecular complexity index is 790. The molecule has 1 amide bonds. The maximum Gasteiger partial charge on any atom is 0.260 e. The van der Waals surface area contributed by atoms with Gasteiger partial charge in [-0.2, -0.15) is 5.10 Å². The molecule has 0 spiro atoms. The summed E-state index contributed by atoms with van der Waals surface area (Å²) < 4.78 is 11.3. The Balaban J connectivity index is 2.03. The first-order valence-electron chi connectivity index (χ1n) is 9.29. The first kappa shape index (κ1) is 21.6. The lowest BCUT2D eigenvalue weighted by Gasteiger charge is -2.19. The van der Waals surface area contributed by atoms with Gasteiger partial charge in [0, 0.05) is 18.1 Å². The van der Waals surface area contributed by atoms with Gasteiger partial charge in [0.15, 0.2) is 18.1 Å². The van der Waals surface area contributed by atoms with Crippen molar-refractivity contribution in [1.82, 2.24) is 4.90 Å². The molecule has 150 valence electrons. The molecule has 7 heteroatoms. The van der Waals surface area contributed by atoms with E-state index in [1.165, 1.54) is 0 Å². The van der Waals surface area contributed by atoms with Crippen molar-refractivity contribution in [2.45, 2.75) is 20.8 Å². The Morgan fingerprint density at radius 1 is 1.07 bits per heavy atom. The molecule has 0 heterocycles. The Hall–Kier alpha value is -2.73. The van der Waals surface area contributed by atoms with Crippen molar-refractivity contribution in [3.05, 3.63) is 53.1 Å². The van der Waals surface area contributed by atoms with Crippen LogP contribution in [0.5, 0.6) is 11.5 Å². The summed E-state index contributed by atoms with van der Waals surface area (Å²) in [4.78, 5) is 13.9. The summed E-state index contributed by atoms with van der Waals surface area (Å²) >= 11 is 5.87. The molecule has 0 fully saturated rings. The normalized spacial score (nSPS) is 10.7. The number of carbonyl (C=O) groups excluding carboxylic acids is 1. The highest BCUT2D eigenvalue weighted by Gasteiger charge is 2.12. The van der Waals surface area contributed by atoms with Gasteiger partial charge in [0.1, 0.15) is 0 Å². The smallest absolute Gasteiger partial charge is 0.260 e. The van der Waals surface area contributed by atoms with E-state index in [2.05, 4.69) is 10.5 Å². The van der Waals surface area contributed by atoms with Crippen molar-refractivity contribution in [2.75, 3.05) is 31.7 Å². The number of hydrazone groups is 1. The SMILES string of the molecule is CCOc1cc(/C=N/Nc2ccc(Cl)cc2)ccc1OCC(=O)N(CC)CC. The van der Waals surface area contributed by atoms with E-state index in [4.69, 9.17) is 21.1 Å². The molecule has 0 bridgehead atoms. The number of hydrogen-bond acceptors (Lipinski definition) is 5. The van der Waals surface area contributed by atoms with Crippen LogP contribution in [-0.2, 0) is 4.79 Å². The Kier molecular flexibility index (Phi) is 8.62. The molecule has 2 rings (SSSR count). The Morgan fingerprint density at radius 3 is 2.43 bits per heavy atom. The van der Waals surface area contributed by atoms with E-state index < -0.39 is 0 Å². The molecule has 0 aliphatic carbocycles. The first-order valence-corrected chi connectivity index (χ1v) is 9.67. The van der Waals surface area contributed by atoms with E-state index in [1.54, 1.807) is 29.3 Å². The van der Waals surface area contributed by atoms with Crippen LogP contribution in [0, 0.1) is 0 Å². The summed E-state index contributed by atoms with van der Waals surface area (Å²) in [6, 6.07) is 12.7. The minimum Gasteiger partial charge on any atom is -0.490 e. The third kappa shape index (κ3) is 6.46. The molecule has 0 saturated carbocycles. The van der Waals surface area contributed by atoms with Crippen LogP contribution in [0.2, 0.25) is 5.02 Å². The van der Waals surface area contributed by atoms with Gasteiger partial charge in [0.2, 0.25) is 0 Å². The second-order valence-electron chi connectivity index (χ2n) is 5.87. The third-order valence-electron chi connectivity index (χ3n) is 3.99. The number of amides is 1. The van der Waals surface area contributed by atoms with Crippen molar-refractivity contribution in [1.29, 1.82) is 0 Å². The summed E-state index contributed by atoms with van der Waals surface area (Å²) in [5.74, 6) is 1.06. The Morgan fingerprint density at radius 2 is 1.79 bits per heavy atom. The van der Waals surface area contributed by atoms with Crippen LogP contribution in [0.1, 0.15) is 26.3 Å². The van der Waals surface area contributed by atoms with Crippen molar-refractivity contribution in [3.63, 3.8) is 0 Å². The van der Waals surface area contributed by atoms with Gasteiger partial charge in [-0.05, 0) is 68.8 Å². The lowest BCUT2D eigenvalue weighted by Crippen LogP contribution is -2.34. The quantitative estimate of drug-likeness (QED) is 0.470. The lowest BCUT2D eigenvalue weighted by atomic mass is 10.2. The molecule has 0 atom stereocenters. The number of hydrogen-bond donors (Lipinski definition) is 1. The highest BCUT2D eigenvalue weighted by Crippen LogP contribution is 2.28. The van der Waals surface area contributed by atoms with E-state index in [9.17, 15) is 4.79 Å². The number of rotatable bonds is 10. The number of ether oxygens (including phenoxy) is 2. The summed E-state index contributed by atoms with van der Waals surface area (Å²) in [5.41, 5.74) is 4.61. The minimum atomic E-state index is -0.0507. The first-order chi connectivity index (χ1) is 13.6. The van der Waals surface area contributed by atoms with E-state index in [-0.39, 0.29) is 12.5 Å². The summed E-state index contributed by atoms with van der Waals surface area (Å²) in [6.07, 6.45) is 1.68. The standard InChI is InChI=1S/C21H26ClN3O3/c1-4-25(5-2)21(26)15-28-19-12-7-16(13-20(19)27-6-3)14-23-24-18-10-8-17(22)9-11-18/h7-14,24H,4-6,15H2,1-3H3/b23-14+. The van der Waals surface area contributed by atoms with Crippen LogP contribution < -0.4 is 14.9 Å². The van der Waals surface area contributed by atoms with E-state index >= 15 is 0 Å². The van der Waals surface area contributed by atoms with E-state index in [1.807, 2.05) is 45.0 Å². The van der Waals surface area contributed by atoms with Gasteiger partial charge in [-0.3, -0.25) is 10.2 Å². The molecule has 28 heavy (non-hydrogen) atoms. The molecule has 0 aliphatic heterocycles. The molecule has 0 saturated heterocycles. The van der Waals surface area contributed by atoms with Crippen LogP contribution >= 0.6 is 11.6 Å². The highest BCUT2D eigenvalue weighted by molar-refractivity contribution is 6.30. The summed E-state index contributed by atoms with van der Waals surface area (Å²) in [7, 11) is 0. The van der Waals surface area contributed by atoms with Crippen LogP contribution in [-0.4, -0.2) is 43.3 Å². The van der Waals surface area contributed by atoms with Gasteiger partial charge in [0.25, 0.3) is 5.91 Å². The van der Waals surface area contributed by atoms with Gasteiger partial charge in [-0.1, -0.05) is 11.6 Å². The number of benzene rings is 2. The van der Waals surface area contributed by atoms with E-state index in [0.29, 0.717) is 36.2 Å². The van der Waals surface area contributed by atoms with Crippen molar-refractivity contribution in [3.8, 4) is 11.5 Å². The number of nitrogens with zero attached hydrogens (tertiary/aromatic N) is 2. The number of anilines is 1. The predicted molar refractivity (Wildman–Crippen MR) is 114 cm³/mol. The molecule has 0 aromatic heterocycles. The van der Waals surface area contributed by atoms with Gasteiger partial charge in [-0.15, -0.1) is 0 Å². The number of halogens is 1. The molecule has 2 aromatic rings. The largest absolute Gasteiger partial charge is 0.490 e. The second-order valence-corrected chi connectivity index (χ2v) is 6.31. The summed E-state index contributed by atoms with van der Waals surface area (Å²) in [5, 5.41) is 4.89. The van der Waals surface area contributed by atoms with Crippen molar-refractivity contribution < 1.29 is 14.3 Å². The van der Waals surface area contributed by atoms with Gasteiger partial charge < -0.3 is 14.4 Å². The third-order valence-corrected chi connectivity index (χ3v) is 4.24. The predicted octanol–water partition coefficient (Wildman–Crippen LogP) is 4.43. The van der Waals surface area contributed by atoms with Crippen LogP contribution in [0.4, 0.5) is 5.69 Å². The number of nitrogens with one attached hydrogen (secondary N) is 1. The topological polar surface area (TPSA) is 63.2 Å². The fourth-order valence-corrected chi connectivity index (χ4v) is 2.63. The van der Waals surface area contributed by atoms with Crippen LogP contribution in [0.25, 0.3) is 0 Å². The summed E-state index contributed by atoms with van der Waals surface area (Å²) in [6.45, 7) is 7.57. The van der Waals surface area contributed by atoms with Gasteiger partial charge >= 0.3 is 0 Å². The van der Waals surface area contributed by atoms with E-state index in [0.717, 1.165) is 11.3 Å². The lowest BCUT2D eigenvalue weighted by molar-refractivity contribution is -0.132. The van der Waals surface area contributed by atoms with Crippen molar-refractivity contribution in [2.24, 2.45) is 5.10 Å². The zero-order valence-electron chi connectivity index (χ0n) is 16.4. The molecular weight excluding hydrogens is 378 g/mol. The van der Waals surface area contributed by atoms with Crippen molar-refractivity contribution >= 4 is 29.4 Å². The molecule has 0 radical (unpaired) electrons. The Labute approximate surface area is 171 Å². The fourth-order valence-electron chi connectivity index (χ4n) is 2.51. The molecule has 1 N–H and O–H groups in total. The zero-order valence-corrected chi connectivity index (χ0v) is 17.2. The average molecular weight is 404 g/mol. The van der Waals surface area contributed by atoms with Crippen LogP contribution in [0.15, 0.2) is 47.6 Å². The number of carbonyl (C=O) groups is 1.